The van der Waals surface area contributed by atoms with Gasteiger partial charge in [-0.3, -0.25) is 5.41 Å². The molecule has 0 fully saturated rings. The first-order valence-electron chi connectivity index (χ1n) is 7.99. The summed E-state index contributed by atoms with van der Waals surface area (Å²) >= 11 is 1.46. The second-order valence-electron chi connectivity index (χ2n) is 5.78. The number of rotatable bonds is 4. The van der Waals surface area contributed by atoms with E-state index >= 15 is 0 Å². The third kappa shape index (κ3) is 2.57. The molecule has 2 N–H and O–H groups in total. The SMILES string of the molecule is COc1ccc(OC)c(N2CC(O)=C(c3nc4ccccc4s3)C2=N)c1. The Morgan fingerprint density at radius 3 is 2.69 bits per heavy atom. The van der Waals surface area contributed by atoms with E-state index in [1.54, 1.807) is 37.3 Å². The second kappa shape index (κ2) is 6.34. The van der Waals surface area contributed by atoms with Crippen molar-refractivity contribution < 1.29 is 14.6 Å². The van der Waals surface area contributed by atoms with Crippen molar-refractivity contribution in [2.24, 2.45) is 0 Å². The number of nitrogens with zero attached hydrogens (tertiary/aromatic N) is 2. The van der Waals surface area contributed by atoms with E-state index in [-0.39, 0.29) is 18.1 Å². The number of ether oxygens (including phenoxy) is 2. The Bertz CT molecular complexity index is 1010. The zero-order chi connectivity index (χ0) is 18.3. The Balaban J connectivity index is 1.75. The Labute approximate surface area is 154 Å². The van der Waals surface area contributed by atoms with Crippen molar-refractivity contribution in [3.8, 4) is 11.5 Å². The lowest BCUT2D eigenvalue weighted by atomic mass is 10.2. The number of benzene rings is 2. The van der Waals surface area contributed by atoms with Gasteiger partial charge < -0.3 is 19.5 Å². The maximum atomic E-state index is 10.6. The Morgan fingerprint density at radius 1 is 1.15 bits per heavy atom. The van der Waals surface area contributed by atoms with Gasteiger partial charge in [-0.15, -0.1) is 11.3 Å². The van der Waals surface area contributed by atoms with Gasteiger partial charge >= 0.3 is 0 Å². The number of aliphatic hydroxyl groups is 1. The minimum atomic E-state index is 0.124. The van der Waals surface area contributed by atoms with Crippen molar-refractivity contribution in [1.29, 1.82) is 5.41 Å². The summed E-state index contributed by atoms with van der Waals surface area (Å²) in [6, 6.07) is 13.2. The molecule has 0 aliphatic carbocycles. The largest absolute Gasteiger partial charge is 0.510 e. The highest BCUT2D eigenvalue weighted by Gasteiger charge is 2.33. The highest BCUT2D eigenvalue weighted by atomic mass is 32.1. The van der Waals surface area contributed by atoms with E-state index in [4.69, 9.17) is 14.9 Å². The van der Waals surface area contributed by atoms with Crippen LogP contribution in [0, 0.1) is 5.41 Å². The maximum Gasteiger partial charge on any atom is 0.142 e. The number of nitrogens with one attached hydrogen (secondary N) is 1. The fraction of sp³-hybridized carbons (Fsp3) is 0.158. The lowest BCUT2D eigenvalue weighted by Crippen LogP contribution is -2.26. The molecule has 132 valence electrons. The van der Waals surface area contributed by atoms with Gasteiger partial charge in [0.05, 0.1) is 42.2 Å². The van der Waals surface area contributed by atoms with Gasteiger partial charge in [0.2, 0.25) is 0 Å². The fourth-order valence-electron chi connectivity index (χ4n) is 3.00. The van der Waals surface area contributed by atoms with Gasteiger partial charge in [0.25, 0.3) is 0 Å². The molecule has 0 saturated carbocycles. The molecule has 3 aromatic rings. The molecule has 7 heteroatoms. The van der Waals surface area contributed by atoms with Crippen molar-refractivity contribution in [1.82, 2.24) is 4.98 Å². The molecule has 1 aliphatic rings. The molecule has 0 radical (unpaired) electrons. The summed E-state index contributed by atoms with van der Waals surface area (Å²) in [7, 11) is 3.16. The van der Waals surface area contributed by atoms with Gasteiger partial charge in [0.1, 0.15) is 28.1 Å². The summed E-state index contributed by atoms with van der Waals surface area (Å²) in [6.07, 6.45) is 0. The molecule has 0 spiro atoms. The van der Waals surface area contributed by atoms with Crippen LogP contribution in [0.5, 0.6) is 11.5 Å². The van der Waals surface area contributed by atoms with Gasteiger partial charge in [0.15, 0.2) is 0 Å². The predicted octanol–water partition coefficient (Wildman–Crippen LogP) is 4.08. The first-order valence-corrected chi connectivity index (χ1v) is 8.80. The van der Waals surface area contributed by atoms with Crippen LogP contribution in [-0.2, 0) is 0 Å². The monoisotopic (exact) mass is 367 g/mol. The third-order valence-electron chi connectivity index (χ3n) is 4.29. The number of fused-ring (bicyclic) bond motifs is 1. The van der Waals surface area contributed by atoms with Crippen LogP contribution in [0.2, 0.25) is 0 Å². The van der Waals surface area contributed by atoms with Crippen molar-refractivity contribution in [2.75, 3.05) is 25.7 Å². The molecule has 2 aromatic carbocycles. The summed E-state index contributed by atoms with van der Waals surface area (Å²) in [5.41, 5.74) is 1.98. The zero-order valence-electron chi connectivity index (χ0n) is 14.3. The van der Waals surface area contributed by atoms with Crippen molar-refractivity contribution >= 4 is 38.6 Å². The minimum absolute atomic E-state index is 0.124. The fourth-order valence-corrected chi connectivity index (χ4v) is 4.03. The highest BCUT2D eigenvalue weighted by Crippen LogP contribution is 2.39. The van der Waals surface area contributed by atoms with Crippen LogP contribution in [0.15, 0.2) is 48.2 Å². The lowest BCUT2D eigenvalue weighted by Gasteiger charge is -2.21. The molecular weight excluding hydrogens is 350 g/mol. The minimum Gasteiger partial charge on any atom is -0.510 e. The van der Waals surface area contributed by atoms with Crippen LogP contribution < -0.4 is 14.4 Å². The molecule has 0 saturated heterocycles. The number of amidine groups is 1. The smallest absolute Gasteiger partial charge is 0.142 e. The summed E-state index contributed by atoms with van der Waals surface area (Å²) in [6.45, 7) is 0.188. The van der Waals surface area contributed by atoms with E-state index in [0.717, 1.165) is 10.2 Å². The molecule has 6 nitrogen and oxygen atoms in total. The number of thiazole rings is 1. The lowest BCUT2D eigenvalue weighted by molar-refractivity contribution is 0.400. The number of aromatic nitrogens is 1. The number of methoxy groups -OCH3 is 2. The van der Waals surface area contributed by atoms with E-state index in [2.05, 4.69) is 4.98 Å². The van der Waals surface area contributed by atoms with E-state index in [1.807, 2.05) is 24.3 Å². The number of hydrogen-bond acceptors (Lipinski definition) is 6. The summed E-state index contributed by atoms with van der Waals surface area (Å²) in [4.78, 5) is 6.27. The van der Waals surface area contributed by atoms with Crippen LogP contribution >= 0.6 is 11.3 Å². The van der Waals surface area contributed by atoms with Gasteiger partial charge in [-0.05, 0) is 24.3 Å². The topological polar surface area (TPSA) is 78.7 Å². The molecule has 0 bridgehead atoms. The van der Waals surface area contributed by atoms with Crippen molar-refractivity contribution in [2.45, 2.75) is 0 Å². The van der Waals surface area contributed by atoms with Crippen LogP contribution in [0.3, 0.4) is 0 Å². The number of hydrogen-bond donors (Lipinski definition) is 2. The third-order valence-corrected chi connectivity index (χ3v) is 5.34. The molecule has 1 aromatic heterocycles. The first-order chi connectivity index (χ1) is 12.6. The van der Waals surface area contributed by atoms with Gasteiger partial charge in [0, 0.05) is 6.07 Å². The molecular formula is C19H17N3O3S. The van der Waals surface area contributed by atoms with E-state index in [0.29, 0.717) is 27.8 Å². The van der Waals surface area contributed by atoms with E-state index in [1.165, 1.54) is 11.3 Å². The second-order valence-corrected chi connectivity index (χ2v) is 6.81. The first kappa shape index (κ1) is 16.4. The van der Waals surface area contributed by atoms with Crippen molar-refractivity contribution in [3.63, 3.8) is 0 Å². The predicted molar refractivity (Wildman–Crippen MR) is 104 cm³/mol. The van der Waals surface area contributed by atoms with Crippen molar-refractivity contribution in [3.05, 3.63) is 53.2 Å². The molecule has 0 atom stereocenters. The van der Waals surface area contributed by atoms with Gasteiger partial charge in [-0.2, -0.15) is 0 Å². The Kier molecular flexibility index (Phi) is 4.00. The van der Waals surface area contributed by atoms with Gasteiger partial charge in [-0.1, -0.05) is 12.1 Å². The molecule has 2 heterocycles. The van der Waals surface area contributed by atoms with E-state index < -0.39 is 0 Å². The summed E-state index contributed by atoms with van der Waals surface area (Å²) in [5.74, 6) is 1.57. The highest BCUT2D eigenvalue weighted by molar-refractivity contribution is 7.19. The molecule has 4 rings (SSSR count). The normalized spacial score (nSPS) is 14.4. The van der Waals surface area contributed by atoms with Crippen LogP contribution in [0.4, 0.5) is 5.69 Å². The van der Waals surface area contributed by atoms with Crippen LogP contribution in [0.1, 0.15) is 5.01 Å². The number of aliphatic hydroxyl groups excluding tert-OH is 1. The number of para-hydroxylation sites is 1. The molecule has 1 aliphatic heterocycles. The summed E-state index contributed by atoms with van der Waals surface area (Å²) in [5, 5.41) is 19.8. The standard InChI is InChI=1S/C19H17N3O3S/c1-24-11-7-8-15(25-2)13(9-11)22-10-14(23)17(18(22)20)19-21-12-5-3-4-6-16(12)26-19/h3-9,20,23H,10H2,1-2H3. The Morgan fingerprint density at radius 2 is 1.96 bits per heavy atom. The van der Waals surface area contributed by atoms with Gasteiger partial charge in [-0.25, -0.2) is 4.98 Å². The van der Waals surface area contributed by atoms with E-state index in [9.17, 15) is 5.11 Å². The number of anilines is 1. The molecule has 0 unspecified atom stereocenters. The average molecular weight is 367 g/mol. The molecule has 0 amide bonds. The average Bonchev–Trinajstić information content (AvgIpc) is 3.21. The van der Waals surface area contributed by atoms with Crippen LogP contribution in [-0.4, -0.2) is 36.7 Å². The quantitative estimate of drug-likeness (QED) is 0.726. The Hall–Kier alpha value is -3.06. The zero-order valence-corrected chi connectivity index (χ0v) is 15.1. The maximum absolute atomic E-state index is 10.6. The molecule has 26 heavy (non-hydrogen) atoms. The van der Waals surface area contributed by atoms with Crippen LogP contribution in [0.25, 0.3) is 15.8 Å². The summed E-state index contributed by atoms with van der Waals surface area (Å²) < 4.78 is 11.7.